The Kier molecular flexibility index (Phi) is 2.22. The van der Waals surface area contributed by atoms with E-state index in [2.05, 4.69) is 26.1 Å². The number of hydrogen-bond acceptors (Lipinski definition) is 2. The molecule has 1 saturated carbocycles. The molecule has 14 heavy (non-hydrogen) atoms. The summed E-state index contributed by atoms with van der Waals surface area (Å²) in [5.74, 6) is 1.03. The predicted octanol–water partition coefficient (Wildman–Crippen LogP) is 1.99. The Morgan fingerprint density at radius 3 is 2.71 bits per heavy atom. The summed E-state index contributed by atoms with van der Waals surface area (Å²) >= 11 is 0. The van der Waals surface area contributed by atoms with Crippen LogP contribution in [0.5, 0.6) is 0 Å². The summed E-state index contributed by atoms with van der Waals surface area (Å²) in [5.41, 5.74) is 0.329. The second kappa shape index (κ2) is 3.06. The molecule has 1 aliphatic heterocycles. The Morgan fingerprint density at radius 1 is 1.43 bits per heavy atom. The molecule has 1 spiro atoms. The van der Waals surface area contributed by atoms with Gasteiger partial charge in [-0.1, -0.05) is 20.8 Å². The number of nitrogens with one attached hydrogen (secondary N) is 1. The predicted molar refractivity (Wildman–Crippen MR) is 57.1 cm³/mol. The van der Waals surface area contributed by atoms with E-state index in [9.17, 15) is 4.79 Å². The van der Waals surface area contributed by atoms with Crippen LogP contribution in [0.15, 0.2) is 0 Å². The molecule has 2 unspecified atom stereocenters. The van der Waals surface area contributed by atoms with Crippen molar-refractivity contribution in [3.05, 3.63) is 0 Å². The van der Waals surface area contributed by atoms with Gasteiger partial charge in [-0.3, -0.25) is 4.79 Å². The first kappa shape index (κ1) is 10.2. The van der Waals surface area contributed by atoms with Crippen LogP contribution in [0, 0.1) is 16.7 Å². The van der Waals surface area contributed by atoms with Crippen LogP contribution in [0.2, 0.25) is 0 Å². The van der Waals surface area contributed by atoms with E-state index >= 15 is 0 Å². The van der Waals surface area contributed by atoms with Gasteiger partial charge in [0.2, 0.25) is 0 Å². The molecule has 2 aliphatic rings. The van der Waals surface area contributed by atoms with Crippen LogP contribution >= 0.6 is 0 Å². The third-order valence-electron chi connectivity index (χ3n) is 4.21. The Labute approximate surface area is 86.5 Å². The summed E-state index contributed by atoms with van der Waals surface area (Å²) in [5, 5.41) is 3.38. The molecule has 0 aromatic heterocycles. The molecule has 1 saturated heterocycles. The number of ketones is 1. The van der Waals surface area contributed by atoms with Crippen molar-refractivity contribution in [2.45, 2.75) is 40.0 Å². The molecule has 0 radical (unpaired) electrons. The normalized spacial score (nSPS) is 41.9. The van der Waals surface area contributed by atoms with E-state index in [0.717, 1.165) is 32.4 Å². The summed E-state index contributed by atoms with van der Waals surface area (Å²) in [6.07, 6.45) is 2.94. The number of carbonyl (C=O) groups is 1. The molecule has 0 bridgehead atoms. The van der Waals surface area contributed by atoms with E-state index < -0.39 is 0 Å². The molecule has 0 aromatic carbocycles. The van der Waals surface area contributed by atoms with Gasteiger partial charge in [0, 0.05) is 18.4 Å². The molecule has 2 fully saturated rings. The van der Waals surface area contributed by atoms with Crippen molar-refractivity contribution in [3.63, 3.8) is 0 Å². The average Bonchev–Trinajstić information content (AvgIpc) is 2.42. The van der Waals surface area contributed by atoms with Crippen molar-refractivity contribution in [2.75, 3.05) is 13.1 Å². The Morgan fingerprint density at radius 2 is 2.14 bits per heavy atom. The van der Waals surface area contributed by atoms with Gasteiger partial charge in [0.15, 0.2) is 0 Å². The van der Waals surface area contributed by atoms with Crippen molar-refractivity contribution in [3.8, 4) is 0 Å². The quantitative estimate of drug-likeness (QED) is 0.640. The summed E-state index contributed by atoms with van der Waals surface area (Å²) in [7, 11) is 0. The van der Waals surface area contributed by atoms with Gasteiger partial charge in [-0.25, -0.2) is 0 Å². The molecule has 1 N–H and O–H groups in total. The van der Waals surface area contributed by atoms with Gasteiger partial charge >= 0.3 is 0 Å². The average molecular weight is 195 g/mol. The number of Topliss-reactive ketones (excluding diaryl/α,β-unsaturated/α-hetero) is 1. The molecule has 2 atom stereocenters. The first-order valence-corrected chi connectivity index (χ1v) is 5.70. The standard InChI is InChI=1S/C12H21NO/c1-9-6-13-8-12(9)7-11(2,3)5-4-10(12)14/h9,13H,4-8H2,1-3H3. The zero-order valence-corrected chi connectivity index (χ0v) is 9.52. The molecule has 80 valence electrons. The van der Waals surface area contributed by atoms with Gasteiger partial charge in [-0.2, -0.15) is 0 Å². The number of rotatable bonds is 0. The zero-order chi connectivity index (χ0) is 10.4. The molecular formula is C12H21NO. The number of hydrogen-bond donors (Lipinski definition) is 1. The van der Waals surface area contributed by atoms with Crippen LogP contribution in [-0.2, 0) is 4.79 Å². The molecule has 2 heteroatoms. The lowest BCUT2D eigenvalue weighted by Crippen LogP contribution is -2.45. The first-order valence-electron chi connectivity index (χ1n) is 5.70. The van der Waals surface area contributed by atoms with Crippen LogP contribution in [0.1, 0.15) is 40.0 Å². The van der Waals surface area contributed by atoms with Crippen molar-refractivity contribution >= 4 is 5.78 Å². The molecule has 0 amide bonds. The maximum absolute atomic E-state index is 12.1. The van der Waals surface area contributed by atoms with Gasteiger partial charge in [0.05, 0.1) is 0 Å². The summed E-state index contributed by atoms with van der Waals surface area (Å²) in [4.78, 5) is 12.1. The number of carbonyl (C=O) groups excluding carboxylic acids is 1. The second-order valence-electron chi connectivity index (χ2n) is 5.95. The van der Waals surface area contributed by atoms with Gasteiger partial charge in [0.25, 0.3) is 0 Å². The molecule has 0 aromatic rings. The summed E-state index contributed by atoms with van der Waals surface area (Å²) < 4.78 is 0. The van der Waals surface area contributed by atoms with E-state index in [1.165, 1.54) is 0 Å². The lowest BCUT2D eigenvalue weighted by molar-refractivity contribution is -0.136. The molecule has 1 aliphatic carbocycles. The van der Waals surface area contributed by atoms with Crippen molar-refractivity contribution in [1.82, 2.24) is 5.32 Å². The monoisotopic (exact) mass is 195 g/mol. The van der Waals surface area contributed by atoms with Gasteiger partial charge in [-0.15, -0.1) is 0 Å². The van der Waals surface area contributed by atoms with E-state index in [1.807, 2.05) is 0 Å². The minimum absolute atomic E-state index is 0.0260. The Hall–Kier alpha value is -0.370. The topological polar surface area (TPSA) is 29.1 Å². The first-order chi connectivity index (χ1) is 6.46. The fourth-order valence-electron chi connectivity index (χ4n) is 3.23. The smallest absolute Gasteiger partial charge is 0.140 e. The SMILES string of the molecule is CC1CNCC12CC(C)(C)CCC2=O. The van der Waals surface area contributed by atoms with Crippen LogP contribution in [-0.4, -0.2) is 18.9 Å². The van der Waals surface area contributed by atoms with Crippen LogP contribution < -0.4 is 5.32 Å². The minimum Gasteiger partial charge on any atom is -0.315 e. The van der Waals surface area contributed by atoms with Crippen LogP contribution in [0.4, 0.5) is 0 Å². The summed E-state index contributed by atoms with van der Waals surface area (Å²) in [6, 6.07) is 0. The molecular weight excluding hydrogens is 174 g/mol. The second-order valence-corrected chi connectivity index (χ2v) is 5.95. The van der Waals surface area contributed by atoms with Crippen molar-refractivity contribution < 1.29 is 4.79 Å². The Bertz CT molecular complexity index is 259. The lowest BCUT2D eigenvalue weighted by Gasteiger charge is -2.43. The highest BCUT2D eigenvalue weighted by Crippen LogP contribution is 2.49. The summed E-state index contributed by atoms with van der Waals surface area (Å²) in [6.45, 7) is 8.75. The fourth-order valence-corrected chi connectivity index (χ4v) is 3.23. The van der Waals surface area contributed by atoms with E-state index in [0.29, 0.717) is 17.1 Å². The van der Waals surface area contributed by atoms with E-state index in [-0.39, 0.29) is 5.41 Å². The van der Waals surface area contributed by atoms with E-state index in [4.69, 9.17) is 0 Å². The van der Waals surface area contributed by atoms with Gasteiger partial charge < -0.3 is 5.32 Å². The maximum atomic E-state index is 12.1. The highest BCUT2D eigenvalue weighted by atomic mass is 16.1. The highest BCUT2D eigenvalue weighted by molar-refractivity contribution is 5.86. The fraction of sp³-hybridized carbons (Fsp3) is 0.917. The molecule has 1 heterocycles. The van der Waals surface area contributed by atoms with Gasteiger partial charge in [0.1, 0.15) is 5.78 Å². The molecule has 2 nitrogen and oxygen atoms in total. The highest BCUT2D eigenvalue weighted by Gasteiger charge is 2.51. The van der Waals surface area contributed by atoms with Crippen LogP contribution in [0.3, 0.4) is 0 Å². The lowest BCUT2D eigenvalue weighted by atomic mass is 9.59. The van der Waals surface area contributed by atoms with Crippen molar-refractivity contribution in [2.24, 2.45) is 16.7 Å². The van der Waals surface area contributed by atoms with Gasteiger partial charge in [-0.05, 0) is 30.7 Å². The molecule has 2 rings (SSSR count). The van der Waals surface area contributed by atoms with Crippen LogP contribution in [0.25, 0.3) is 0 Å². The van der Waals surface area contributed by atoms with E-state index in [1.54, 1.807) is 0 Å². The third kappa shape index (κ3) is 1.40. The minimum atomic E-state index is -0.0260. The van der Waals surface area contributed by atoms with Crippen molar-refractivity contribution in [1.29, 1.82) is 0 Å². The maximum Gasteiger partial charge on any atom is 0.140 e. The Balaban J connectivity index is 2.27. The zero-order valence-electron chi connectivity index (χ0n) is 9.52. The third-order valence-corrected chi connectivity index (χ3v) is 4.21. The largest absolute Gasteiger partial charge is 0.315 e.